The van der Waals surface area contributed by atoms with E-state index in [0.717, 1.165) is 11.1 Å². The van der Waals surface area contributed by atoms with E-state index in [1.165, 1.54) is 25.7 Å². The van der Waals surface area contributed by atoms with E-state index in [2.05, 4.69) is 13.8 Å². The highest BCUT2D eigenvalue weighted by molar-refractivity contribution is 6.52. The summed E-state index contributed by atoms with van der Waals surface area (Å²) < 4.78 is 0. The zero-order valence-electron chi connectivity index (χ0n) is 12.8. The number of benzene rings is 2. The first-order chi connectivity index (χ1) is 10.5. The van der Waals surface area contributed by atoms with Crippen LogP contribution in [0.1, 0.15) is 39.5 Å². The molecule has 2 aromatic rings. The molecule has 0 unspecified atom stereocenters. The second kappa shape index (κ2) is 10.4. The van der Waals surface area contributed by atoms with E-state index in [4.69, 9.17) is 46.4 Å². The van der Waals surface area contributed by atoms with Gasteiger partial charge in [0.1, 0.15) is 0 Å². The summed E-state index contributed by atoms with van der Waals surface area (Å²) in [6.45, 7) is 4.46. The van der Waals surface area contributed by atoms with Crippen LogP contribution in [-0.2, 0) is 0 Å². The summed E-state index contributed by atoms with van der Waals surface area (Å²) >= 11 is 24.0. The van der Waals surface area contributed by atoms with Crippen molar-refractivity contribution in [3.05, 3.63) is 56.5 Å². The highest BCUT2D eigenvalue weighted by Crippen LogP contribution is 2.42. The van der Waals surface area contributed by atoms with Crippen molar-refractivity contribution in [2.24, 2.45) is 0 Å². The summed E-state index contributed by atoms with van der Waals surface area (Å²) in [4.78, 5) is 0. The fourth-order valence-electron chi connectivity index (χ4n) is 1.90. The van der Waals surface area contributed by atoms with Gasteiger partial charge in [0.25, 0.3) is 0 Å². The van der Waals surface area contributed by atoms with E-state index in [-0.39, 0.29) is 10.0 Å². The molecule has 0 radical (unpaired) electrons. The Balaban J connectivity index is 0.000000346. The van der Waals surface area contributed by atoms with Crippen LogP contribution >= 0.6 is 46.4 Å². The van der Waals surface area contributed by atoms with Crippen molar-refractivity contribution in [2.75, 3.05) is 0 Å². The number of hydrogen-bond acceptors (Lipinski definition) is 0. The molecular weight excluding hydrogens is 358 g/mol. The lowest BCUT2D eigenvalue weighted by Gasteiger charge is -2.09. The third kappa shape index (κ3) is 5.66. The maximum atomic E-state index is 6.13. The van der Waals surface area contributed by atoms with Gasteiger partial charge in [0.05, 0.1) is 20.1 Å². The molecule has 4 heteroatoms. The Bertz CT molecular complexity index is 575. The van der Waals surface area contributed by atoms with Crippen molar-refractivity contribution in [2.45, 2.75) is 39.5 Å². The molecule has 0 fully saturated rings. The number of unbranched alkanes of at least 4 members (excludes halogenated alkanes) is 3. The van der Waals surface area contributed by atoms with Crippen LogP contribution in [-0.4, -0.2) is 0 Å². The fourth-order valence-corrected chi connectivity index (χ4v) is 2.81. The second-order valence-corrected chi connectivity index (χ2v) is 6.46. The molecule has 0 aliphatic heterocycles. The second-order valence-electron chi connectivity index (χ2n) is 4.92. The van der Waals surface area contributed by atoms with Crippen LogP contribution in [0.15, 0.2) is 36.4 Å². The SMILES string of the molecule is CCCCCC.Clc1cc(-c2ccccc2)c(Cl)c(Cl)c1Cl. The highest BCUT2D eigenvalue weighted by Gasteiger charge is 2.13. The predicted molar refractivity (Wildman–Crippen MR) is 102 cm³/mol. The minimum Gasteiger partial charge on any atom is -0.0826 e. The average molecular weight is 378 g/mol. The lowest BCUT2D eigenvalue weighted by atomic mass is 10.1. The van der Waals surface area contributed by atoms with Crippen molar-refractivity contribution in [3.8, 4) is 11.1 Å². The van der Waals surface area contributed by atoms with Gasteiger partial charge in [0.15, 0.2) is 0 Å². The molecule has 2 rings (SSSR count). The van der Waals surface area contributed by atoms with Gasteiger partial charge in [0.2, 0.25) is 0 Å². The number of halogens is 4. The summed E-state index contributed by atoms with van der Waals surface area (Å²) in [5.41, 5.74) is 1.73. The molecule has 0 spiro atoms. The summed E-state index contributed by atoms with van der Waals surface area (Å²) in [6.07, 6.45) is 5.54. The van der Waals surface area contributed by atoms with Gasteiger partial charge in [-0.2, -0.15) is 0 Å². The summed E-state index contributed by atoms with van der Waals surface area (Å²) in [5, 5.41) is 1.39. The van der Waals surface area contributed by atoms with Gasteiger partial charge in [-0.3, -0.25) is 0 Å². The van der Waals surface area contributed by atoms with Crippen molar-refractivity contribution < 1.29 is 0 Å². The lowest BCUT2D eigenvalue weighted by molar-refractivity contribution is 0.702. The smallest absolute Gasteiger partial charge is 0.0800 e. The molecular formula is C18H20Cl4. The van der Waals surface area contributed by atoms with E-state index in [1.807, 2.05) is 30.3 Å². The highest BCUT2D eigenvalue weighted by atomic mass is 35.5. The monoisotopic (exact) mass is 376 g/mol. The van der Waals surface area contributed by atoms with Crippen LogP contribution in [0, 0.1) is 0 Å². The van der Waals surface area contributed by atoms with Gasteiger partial charge >= 0.3 is 0 Å². The van der Waals surface area contributed by atoms with Crippen LogP contribution in [0.4, 0.5) is 0 Å². The zero-order valence-corrected chi connectivity index (χ0v) is 15.8. The minimum absolute atomic E-state index is 0.285. The zero-order chi connectivity index (χ0) is 16.5. The molecule has 22 heavy (non-hydrogen) atoms. The normalized spacial score (nSPS) is 10.1. The van der Waals surface area contributed by atoms with Crippen molar-refractivity contribution in [1.29, 1.82) is 0 Å². The summed E-state index contributed by atoms with van der Waals surface area (Å²) in [6, 6.07) is 11.3. The molecule has 0 saturated carbocycles. The van der Waals surface area contributed by atoms with Crippen molar-refractivity contribution >= 4 is 46.4 Å². The maximum absolute atomic E-state index is 6.13. The van der Waals surface area contributed by atoms with E-state index < -0.39 is 0 Å². The van der Waals surface area contributed by atoms with E-state index in [1.54, 1.807) is 6.07 Å². The Morgan fingerprint density at radius 3 is 1.77 bits per heavy atom. The van der Waals surface area contributed by atoms with Gasteiger partial charge in [-0.25, -0.2) is 0 Å². The lowest BCUT2D eigenvalue weighted by Crippen LogP contribution is -1.83. The summed E-state index contributed by atoms with van der Waals surface area (Å²) in [7, 11) is 0. The molecule has 0 aliphatic carbocycles. The van der Waals surface area contributed by atoms with E-state index in [0.29, 0.717) is 10.0 Å². The molecule has 0 bridgehead atoms. The molecule has 0 saturated heterocycles. The Morgan fingerprint density at radius 1 is 0.727 bits per heavy atom. The third-order valence-electron chi connectivity index (χ3n) is 3.14. The van der Waals surface area contributed by atoms with Gasteiger partial charge in [-0.1, -0.05) is 116 Å². The topological polar surface area (TPSA) is 0 Å². The van der Waals surface area contributed by atoms with E-state index in [9.17, 15) is 0 Å². The number of hydrogen-bond donors (Lipinski definition) is 0. The molecule has 0 heterocycles. The first-order valence-electron chi connectivity index (χ1n) is 7.41. The molecule has 2 aromatic carbocycles. The quantitative estimate of drug-likeness (QED) is 0.284. The molecule has 0 aliphatic rings. The average Bonchev–Trinajstić information content (AvgIpc) is 2.55. The largest absolute Gasteiger partial charge is 0.0826 e. The minimum atomic E-state index is 0.285. The van der Waals surface area contributed by atoms with Gasteiger partial charge in [0, 0.05) is 5.56 Å². The Labute approximate surface area is 153 Å². The maximum Gasteiger partial charge on any atom is 0.0800 e. The van der Waals surface area contributed by atoms with E-state index >= 15 is 0 Å². The Morgan fingerprint density at radius 2 is 1.27 bits per heavy atom. The predicted octanol–water partition coefficient (Wildman–Crippen LogP) is 8.55. The van der Waals surface area contributed by atoms with Crippen LogP contribution in [0.2, 0.25) is 20.1 Å². The molecule has 0 amide bonds. The van der Waals surface area contributed by atoms with Gasteiger partial charge in [-0.05, 0) is 11.6 Å². The number of rotatable bonds is 4. The van der Waals surface area contributed by atoms with Crippen LogP contribution in [0.3, 0.4) is 0 Å². The Hall–Kier alpha value is -0.400. The molecule has 0 aromatic heterocycles. The van der Waals surface area contributed by atoms with Gasteiger partial charge in [-0.15, -0.1) is 0 Å². The molecule has 120 valence electrons. The standard InChI is InChI=1S/C12H6Cl4.C6H14/c13-9-6-8(7-4-2-1-3-5-7)10(14)12(16)11(9)15;1-3-5-6-4-2/h1-6H;3-6H2,1-2H3. The summed E-state index contributed by atoms with van der Waals surface area (Å²) in [5.74, 6) is 0. The van der Waals surface area contributed by atoms with Crippen LogP contribution < -0.4 is 0 Å². The van der Waals surface area contributed by atoms with Crippen molar-refractivity contribution in [1.82, 2.24) is 0 Å². The van der Waals surface area contributed by atoms with Gasteiger partial charge < -0.3 is 0 Å². The molecule has 0 atom stereocenters. The molecule has 0 N–H and O–H groups in total. The third-order valence-corrected chi connectivity index (χ3v) is 4.90. The fraction of sp³-hybridized carbons (Fsp3) is 0.333. The first-order valence-corrected chi connectivity index (χ1v) is 8.92. The molecule has 0 nitrogen and oxygen atoms in total. The first kappa shape index (κ1) is 19.6. The van der Waals surface area contributed by atoms with Crippen LogP contribution in [0.5, 0.6) is 0 Å². The Kier molecular flexibility index (Phi) is 9.28. The van der Waals surface area contributed by atoms with Crippen LogP contribution in [0.25, 0.3) is 11.1 Å². The van der Waals surface area contributed by atoms with Crippen molar-refractivity contribution in [3.63, 3.8) is 0 Å².